The minimum Gasteiger partial charge on any atom is -0.314 e. The van der Waals surface area contributed by atoms with E-state index >= 15 is 0 Å². The van der Waals surface area contributed by atoms with Crippen LogP contribution in [0.3, 0.4) is 0 Å². The van der Waals surface area contributed by atoms with Crippen LogP contribution >= 0.6 is 0 Å². The van der Waals surface area contributed by atoms with Crippen molar-refractivity contribution in [1.82, 2.24) is 10.2 Å². The van der Waals surface area contributed by atoms with Gasteiger partial charge >= 0.3 is 0 Å². The Balaban J connectivity index is 1.83. The Morgan fingerprint density at radius 1 is 0.821 bits per heavy atom. The Labute approximate surface area is 177 Å². The Morgan fingerprint density at radius 2 is 1.43 bits per heavy atom. The number of hydrogen-bond acceptors (Lipinski definition) is 2. The van der Waals surface area contributed by atoms with Gasteiger partial charge in [0.2, 0.25) is 0 Å². The molecule has 1 aliphatic rings. The van der Waals surface area contributed by atoms with Gasteiger partial charge in [-0.15, -0.1) is 0 Å². The van der Waals surface area contributed by atoms with Gasteiger partial charge in [0.05, 0.1) is 0 Å². The summed E-state index contributed by atoms with van der Waals surface area (Å²) in [6.07, 6.45) is 23.5. The van der Waals surface area contributed by atoms with Crippen molar-refractivity contribution in [2.24, 2.45) is 0 Å². The first-order valence-electron chi connectivity index (χ1n) is 12.8. The zero-order valence-corrected chi connectivity index (χ0v) is 19.6. The first kappa shape index (κ1) is 25.7. The maximum atomic E-state index is 4.33. The van der Waals surface area contributed by atoms with Crippen molar-refractivity contribution in [1.29, 1.82) is 0 Å². The molecule has 0 aromatic heterocycles. The molecule has 0 aromatic rings. The predicted molar refractivity (Wildman–Crippen MR) is 127 cm³/mol. The van der Waals surface area contributed by atoms with Gasteiger partial charge in [-0.3, -0.25) is 0 Å². The summed E-state index contributed by atoms with van der Waals surface area (Å²) in [6.45, 7) is 14.1. The van der Waals surface area contributed by atoms with Crippen LogP contribution in [-0.4, -0.2) is 37.1 Å². The van der Waals surface area contributed by atoms with E-state index in [1.165, 1.54) is 141 Å². The van der Waals surface area contributed by atoms with Gasteiger partial charge in [-0.1, -0.05) is 83.3 Å². The normalized spacial score (nSPS) is 16.4. The Morgan fingerprint density at radius 3 is 2.07 bits per heavy atom. The van der Waals surface area contributed by atoms with E-state index < -0.39 is 0 Å². The number of hydrogen-bond donors (Lipinski definition) is 1. The fraction of sp³-hybridized carbons (Fsp3) is 0.923. The molecular formula is C26H52N2. The van der Waals surface area contributed by atoms with E-state index in [0.29, 0.717) is 6.04 Å². The minimum atomic E-state index is 0.630. The van der Waals surface area contributed by atoms with Gasteiger partial charge in [-0.05, 0) is 78.0 Å². The van der Waals surface area contributed by atoms with Gasteiger partial charge in [0.1, 0.15) is 0 Å². The molecule has 2 nitrogen and oxygen atoms in total. The number of allylic oxidation sites excluding steroid dienone is 1. The molecule has 2 heteroatoms. The van der Waals surface area contributed by atoms with Gasteiger partial charge in [-0.2, -0.15) is 0 Å². The molecule has 0 radical (unpaired) electrons. The number of nitrogens with zero attached hydrogens (tertiary/aromatic N) is 1. The van der Waals surface area contributed by atoms with E-state index in [-0.39, 0.29) is 0 Å². The summed E-state index contributed by atoms with van der Waals surface area (Å²) in [4.78, 5) is 2.64. The molecule has 166 valence electrons. The highest BCUT2D eigenvalue weighted by Gasteiger charge is 2.09. The molecule has 1 saturated heterocycles. The van der Waals surface area contributed by atoms with Gasteiger partial charge in [0.25, 0.3) is 0 Å². The van der Waals surface area contributed by atoms with Crippen molar-refractivity contribution in [2.45, 2.75) is 129 Å². The summed E-state index contributed by atoms with van der Waals surface area (Å²) in [5.74, 6) is 0. The zero-order chi connectivity index (χ0) is 20.3. The van der Waals surface area contributed by atoms with Crippen molar-refractivity contribution in [3.05, 3.63) is 12.2 Å². The summed E-state index contributed by atoms with van der Waals surface area (Å²) >= 11 is 0. The van der Waals surface area contributed by atoms with Crippen molar-refractivity contribution in [3.63, 3.8) is 0 Å². The van der Waals surface area contributed by atoms with Gasteiger partial charge in [0.15, 0.2) is 0 Å². The summed E-state index contributed by atoms with van der Waals surface area (Å²) in [7, 11) is 0. The molecule has 0 amide bonds. The SMILES string of the molecule is C=C(CCCCCCCCCCCC)CCC(C)NCCCN1CCCCC1. The lowest BCUT2D eigenvalue weighted by Crippen LogP contribution is -2.34. The van der Waals surface area contributed by atoms with Crippen molar-refractivity contribution >= 4 is 0 Å². The van der Waals surface area contributed by atoms with Crippen LogP contribution in [-0.2, 0) is 0 Å². The van der Waals surface area contributed by atoms with Crippen LogP contribution in [0.2, 0.25) is 0 Å². The lowest BCUT2D eigenvalue weighted by molar-refractivity contribution is 0.225. The molecule has 1 heterocycles. The van der Waals surface area contributed by atoms with Crippen molar-refractivity contribution < 1.29 is 0 Å². The highest BCUT2D eigenvalue weighted by atomic mass is 15.1. The summed E-state index contributed by atoms with van der Waals surface area (Å²) < 4.78 is 0. The molecular weight excluding hydrogens is 340 g/mol. The van der Waals surface area contributed by atoms with Gasteiger partial charge in [-0.25, -0.2) is 0 Å². The molecule has 0 aromatic carbocycles. The van der Waals surface area contributed by atoms with Crippen LogP contribution in [0.1, 0.15) is 123 Å². The van der Waals surface area contributed by atoms with Crippen molar-refractivity contribution in [2.75, 3.05) is 26.2 Å². The molecule has 0 spiro atoms. The van der Waals surface area contributed by atoms with Crippen LogP contribution in [0.25, 0.3) is 0 Å². The van der Waals surface area contributed by atoms with Crippen LogP contribution in [0.15, 0.2) is 12.2 Å². The average Bonchev–Trinajstić information content (AvgIpc) is 2.72. The number of unbranched alkanes of at least 4 members (excludes halogenated alkanes) is 9. The fourth-order valence-electron chi connectivity index (χ4n) is 4.34. The third kappa shape index (κ3) is 15.6. The average molecular weight is 393 g/mol. The molecule has 0 aliphatic carbocycles. The Bertz CT molecular complexity index is 346. The van der Waals surface area contributed by atoms with Crippen molar-refractivity contribution in [3.8, 4) is 0 Å². The quantitative estimate of drug-likeness (QED) is 0.181. The predicted octanol–water partition coefficient (Wildman–Crippen LogP) is 7.49. The van der Waals surface area contributed by atoms with E-state index in [1.807, 2.05) is 0 Å². The Hall–Kier alpha value is -0.340. The third-order valence-corrected chi connectivity index (χ3v) is 6.41. The standard InChI is InChI=1S/C26H52N2/c1-4-5-6-7-8-9-10-11-12-14-18-25(2)19-20-26(3)27-21-17-24-28-22-15-13-16-23-28/h26-27H,2,4-24H2,1,3H3. The molecule has 0 saturated carbocycles. The lowest BCUT2D eigenvalue weighted by atomic mass is 10.0. The number of nitrogens with one attached hydrogen (secondary N) is 1. The maximum Gasteiger partial charge on any atom is 0.00417 e. The molecule has 1 fully saturated rings. The highest BCUT2D eigenvalue weighted by molar-refractivity contribution is 4.94. The Kier molecular flexibility index (Phi) is 17.1. The maximum absolute atomic E-state index is 4.33. The highest BCUT2D eigenvalue weighted by Crippen LogP contribution is 2.16. The number of rotatable bonds is 19. The van der Waals surface area contributed by atoms with Crippen LogP contribution in [0, 0.1) is 0 Å². The van der Waals surface area contributed by atoms with E-state index in [2.05, 4.69) is 30.6 Å². The molecule has 1 unspecified atom stereocenters. The second-order valence-electron chi connectivity index (χ2n) is 9.33. The molecule has 1 atom stereocenters. The van der Waals surface area contributed by atoms with Crippen LogP contribution in [0.5, 0.6) is 0 Å². The number of likely N-dealkylation sites (tertiary alicyclic amines) is 1. The zero-order valence-electron chi connectivity index (χ0n) is 19.6. The first-order chi connectivity index (χ1) is 13.7. The van der Waals surface area contributed by atoms with E-state index in [1.54, 1.807) is 0 Å². The molecule has 1 aliphatic heterocycles. The molecule has 1 rings (SSSR count). The largest absolute Gasteiger partial charge is 0.314 e. The van der Waals surface area contributed by atoms with Gasteiger partial charge < -0.3 is 10.2 Å². The lowest BCUT2D eigenvalue weighted by Gasteiger charge is -2.26. The van der Waals surface area contributed by atoms with E-state index in [4.69, 9.17) is 0 Å². The second-order valence-corrected chi connectivity index (χ2v) is 9.33. The molecule has 28 heavy (non-hydrogen) atoms. The summed E-state index contributed by atoms with van der Waals surface area (Å²) in [5.41, 5.74) is 1.47. The smallest absolute Gasteiger partial charge is 0.00417 e. The van der Waals surface area contributed by atoms with Crippen LogP contribution < -0.4 is 5.32 Å². The summed E-state index contributed by atoms with van der Waals surface area (Å²) in [5, 5.41) is 3.72. The minimum absolute atomic E-state index is 0.630. The first-order valence-corrected chi connectivity index (χ1v) is 12.8. The third-order valence-electron chi connectivity index (χ3n) is 6.41. The number of piperidine rings is 1. The molecule has 0 bridgehead atoms. The van der Waals surface area contributed by atoms with E-state index in [0.717, 1.165) is 0 Å². The summed E-state index contributed by atoms with van der Waals surface area (Å²) in [6, 6.07) is 0.630. The van der Waals surface area contributed by atoms with E-state index in [9.17, 15) is 0 Å². The van der Waals surface area contributed by atoms with Crippen LogP contribution in [0.4, 0.5) is 0 Å². The monoisotopic (exact) mass is 392 g/mol. The fourth-order valence-corrected chi connectivity index (χ4v) is 4.34. The van der Waals surface area contributed by atoms with Gasteiger partial charge in [0, 0.05) is 6.04 Å². The molecule has 1 N–H and O–H groups in total. The topological polar surface area (TPSA) is 15.3 Å². The second kappa shape index (κ2) is 18.7.